The van der Waals surface area contributed by atoms with E-state index in [1.165, 1.54) is 0 Å². The van der Waals surface area contributed by atoms with E-state index in [1.807, 2.05) is 12.1 Å². The lowest BCUT2D eigenvalue weighted by Crippen LogP contribution is -2.39. The Morgan fingerprint density at radius 3 is 3.00 bits per heavy atom. The third-order valence-corrected chi connectivity index (χ3v) is 3.05. The maximum absolute atomic E-state index is 5.30. The molecule has 16 heavy (non-hydrogen) atoms. The maximum atomic E-state index is 5.30. The molecule has 1 aromatic heterocycles. The fraction of sp³-hybridized carbons (Fsp3) is 0.545. The quantitative estimate of drug-likeness (QED) is 0.912. The first-order chi connectivity index (χ1) is 7.84. The van der Waals surface area contributed by atoms with E-state index >= 15 is 0 Å². The molecule has 1 saturated heterocycles. The highest BCUT2D eigenvalue weighted by Crippen LogP contribution is 2.12. The van der Waals surface area contributed by atoms with Gasteiger partial charge in [0.25, 0.3) is 0 Å². The molecule has 2 heterocycles. The predicted octanol–water partition coefficient (Wildman–Crippen LogP) is 1.59. The smallest absolute Gasteiger partial charge is 0.127 e. The molecular weight excluding hydrogens is 270 g/mol. The van der Waals surface area contributed by atoms with Crippen LogP contribution >= 0.6 is 15.9 Å². The Labute approximate surface area is 104 Å². The molecule has 1 aliphatic rings. The predicted molar refractivity (Wildman–Crippen MR) is 67.7 cm³/mol. The number of morpholine rings is 1. The van der Waals surface area contributed by atoms with Crippen LogP contribution in [0.15, 0.2) is 22.8 Å². The molecule has 2 rings (SSSR count). The van der Waals surface area contributed by atoms with Gasteiger partial charge in [0, 0.05) is 36.8 Å². The summed E-state index contributed by atoms with van der Waals surface area (Å²) in [7, 11) is 0. The number of ether oxygens (including phenoxy) is 1. The molecule has 0 atom stereocenters. The Hall–Kier alpha value is -0.650. The number of rotatable bonds is 4. The van der Waals surface area contributed by atoms with E-state index in [2.05, 4.69) is 31.1 Å². The van der Waals surface area contributed by atoms with Gasteiger partial charge in [-0.3, -0.25) is 4.90 Å². The van der Waals surface area contributed by atoms with Crippen molar-refractivity contribution in [1.82, 2.24) is 9.88 Å². The van der Waals surface area contributed by atoms with Gasteiger partial charge >= 0.3 is 0 Å². The van der Waals surface area contributed by atoms with Crippen LogP contribution in [-0.4, -0.2) is 49.3 Å². The molecule has 1 aromatic rings. The number of nitrogens with one attached hydrogen (secondary N) is 1. The van der Waals surface area contributed by atoms with Crippen molar-refractivity contribution >= 4 is 21.7 Å². The third kappa shape index (κ3) is 3.73. The number of anilines is 1. The molecule has 0 unspecified atom stereocenters. The summed E-state index contributed by atoms with van der Waals surface area (Å²) in [5.74, 6) is 0.919. The minimum atomic E-state index is 0.856. The summed E-state index contributed by atoms with van der Waals surface area (Å²) in [6.45, 7) is 5.74. The summed E-state index contributed by atoms with van der Waals surface area (Å²) in [6, 6.07) is 3.91. The van der Waals surface area contributed by atoms with E-state index in [0.29, 0.717) is 0 Å². The molecular formula is C11H16BrN3O. The van der Waals surface area contributed by atoms with Crippen LogP contribution in [0.5, 0.6) is 0 Å². The summed E-state index contributed by atoms with van der Waals surface area (Å²) in [6.07, 6.45) is 1.79. The molecule has 0 radical (unpaired) electrons. The molecule has 88 valence electrons. The third-order valence-electron chi connectivity index (χ3n) is 2.56. The maximum Gasteiger partial charge on any atom is 0.127 e. The van der Waals surface area contributed by atoms with Crippen LogP contribution in [-0.2, 0) is 4.74 Å². The van der Waals surface area contributed by atoms with Crippen molar-refractivity contribution in [3.63, 3.8) is 0 Å². The molecule has 1 N–H and O–H groups in total. The summed E-state index contributed by atoms with van der Waals surface area (Å²) in [5.41, 5.74) is 0. The van der Waals surface area contributed by atoms with Gasteiger partial charge in [-0.2, -0.15) is 0 Å². The Morgan fingerprint density at radius 2 is 2.25 bits per heavy atom. The van der Waals surface area contributed by atoms with Crippen molar-refractivity contribution in [3.8, 4) is 0 Å². The van der Waals surface area contributed by atoms with Crippen LogP contribution in [0.2, 0.25) is 0 Å². The highest BCUT2D eigenvalue weighted by atomic mass is 79.9. The van der Waals surface area contributed by atoms with E-state index in [4.69, 9.17) is 4.74 Å². The fourth-order valence-electron chi connectivity index (χ4n) is 1.67. The van der Waals surface area contributed by atoms with E-state index < -0.39 is 0 Å². The number of hydrogen-bond acceptors (Lipinski definition) is 4. The summed E-state index contributed by atoms with van der Waals surface area (Å²) < 4.78 is 6.35. The zero-order valence-corrected chi connectivity index (χ0v) is 10.7. The molecule has 0 amide bonds. The SMILES string of the molecule is Brc1ccnc(NCCN2CCOCC2)c1. The number of aromatic nitrogens is 1. The summed E-state index contributed by atoms with van der Waals surface area (Å²) in [5, 5.41) is 3.31. The molecule has 1 fully saturated rings. The standard InChI is InChI=1S/C11H16BrN3O/c12-10-1-2-13-11(9-10)14-3-4-15-5-7-16-8-6-15/h1-2,9H,3-8H2,(H,13,14). The van der Waals surface area contributed by atoms with Crippen LogP contribution in [0.25, 0.3) is 0 Å². The van der Waals surface area contributed by atoms with Gasteiger partial charge in [0.1, 0.15) is 5.82 Å². The second-order valence-electron chi connectivity index (χ2n) is 3.74. The van der Waals surface area contributed by atoms with E-state index in [9.17, 15) is 0 Å². The minimum Gasteiger partial charge on any atom is -0.379 e. The Balaban J connectivity index is 1.71. The van der Waals surface area contributed by atoms with Crippen molar-refractivity contribution in [2.45, 2.75) is 0 Å². The van der Waals surface area contributed by atoms with Crippen molar-refractivity contribution in [2.75, 3.05) is 44.7 Å². The van der Waals surface area contributed by atoms with Crippen molar-refractivity contribution < 1.29 is 4.74 Å². The fourth-order valence-corrected chi connectivity index (χ4v) is 2.00. The van der Waals surface area contributed by atoms with Gasteiger partial charge in [-0.1, -0.05) is 15.9 Å². The largest absolute Gasteiger partial charge is 0.379 e. The average Bonchev–Trinajstić information content (AvgIpc) is 2.30. The first kappa shape index (κ1) is 11.8. The van der Waals surface area contributed by atoms with Gasteiger partial charge in [0.05, 0.1) is 13.2 Å². The van der Waals surface area contributed by atoms with Crippen molar-refractivity contribution in [2.24, 2.45) is 0 Å². The number of halogens is 1. The normalized spacial score (nSPS) is 17.3. The van der Waals surface area contributed by atoms with E-state index in [1.54, 1.807) is 6.20 Å². The number of pyridine rings is 1. The molecule has 0 spiro atoms. The lowest BCUT2D eigenvalue weighted by Gasteiger charge is -2.26. The van der Waals surface area contributed by atoms with Crippen LogP contribution in [0.3, 0.4) is 0 Å². The summed E-state index contributed by atoms with van der Waals surface area (Å²) >= 11 is 3.42. The Morgan fingerprint density at radius 1 is 1.44 bits per heavy atom. The topological polar surface area (TPSA) is 37.4 Å². The molecule has 0 aromatic carbocycles. The van der Waals surface area contributed by atoms with Gasteiger partial charge in [0.2, 0.25) is 0 Å². The Bertz CT molecular complexity index is 329. The lowest BCUT2D eigenvalue weighted by atomic mass is 10.4. The van der Waals surface area contributed by atoms with Crippen LogP contribution in [0, 0.1) is 0 Å². The molecule has 5 heteroatoms. The molecule has 0 aliphatic carbocycles. The number of hydrogen-bond donors (Lipinski definition) is 1. The monoisotopic (exact) mass is 285 g/mol. The molecule has 1 aliphatic heterocycles. The van der Waals surface area contributed by atoms with Crippen LogP contribution in [0.4, 0.5) is 5.82 Å². The molecule has 4 nitrogen and oxygen atoms in total. The highest BCUT2D eigenvalue weighted by molar-refractivity contribution is 9.10. The van der Waals surface area contributed by atoms with Gasteiger partial charge in [-0.05, 0) is 12.1 Å². The van der Waals surface area contributed by atoms with Gasteiger partial charge in [-0.25, -0.2) is 4.98 Å². The highest BCUT2D eigenvalue weighted by Gasteiger charge is 2.09. The first-order valence-corrected chi connectivity index (χ1v) is 6.29. The average molecular weight is 286 g/mol. The van der Waals surface area contributed by atoms with E-state index in [0.717, 1.165) is 49.7 Å². The van der Waals surface area contributed by atoms with Gasteiger partial charge in [-0.15, -0.1) is 0 Å². The van der Waals surface area contributed by atoms with Crippen LogP contribution < -0.4 is 5.32 Å². The molecule has 0 bridgehead atoms. The van der Waals surface area contributed by atoms with Gasteiger partial charge < -0.3 is 10.1 Å². The first-order valence-electron chi connectivity index (χ1n) is 5.50. The number of nitrogens with zero attached hydrogens (tertiary/aromatic N) is 2. The van der Waals surface area contributed by atoms with Crippen LogP contribution in [0.1, 0.15) is 0 Å². The van der Waals surface area contributed by atoms with E-state index in [-0.39, 0.29) is 0 Å². The van der Waals surface area contributed by atoms with Gasteiger partial charge in [0.15, 0.2) is 0 Å². The van der Waals surface area contributed by atoms with Crippen molar-refractivity contribution in [1.29, 1.82) is 0 Å². The summed E-state index contributed by atoms with van der Waals surface area (Å²) in [4.78, 5) is 6.64. The lowest BCUT2D eigenvalue weighted by molar-refractivity contribution is 0.0398. The molecule has 0 saturated carbocycles. The Kier molecular flexibility index (Phi) is 4.56. The second kappa shape index (κ2) is 6.18. The second-order valence-corrected chi connectivity index (χ2v) is 4.66. The van der Waals surface area contributed by atoms with Crippen molar-refractivity contribution in [3.05, 3.63) is 22.8 Å². The zero-order valence-electron chi connectivity index (χ0n) is 9.16. The zero-order chi connectivity index (χ0) is 11.2. The minimum absolute atomic E-state index is 0.856.